The standard InChI is InChI=1S/C10H14N2O2S.ClH/c11-5-8-1-2-9(14-8)10(13)12-7-3-4-15-6-7;/h3-4,6,8-9H,1-2,5,11H2,(H,12,13);1H/t8-,9+;/m1./s1. The monoisotopic (exact) mass is 262 g/mol. The van der Waals surface area contributed by atoms with Crippen LogP contribution < -0.4 is 11.1 Å². The van der Waals surface area contributed by atoms with Crippen molar-refractivity contribution in [3.05, 3.63) is 16.8 Å². The Balaban J connectivity index is 0.00000128. The molecule has 6 heteroatoms. The first-order chi connectivity index (χ1) is 7.29. The maximum absolute atomic E-state index is 11.7. The van der Waals surface area contributed by atoms with Gasteiger partial charge in [0.05, 0.1) is 11.8 Å². The zero-order valence-corrected chi connectivity index (χ0v) is 10.4. The minimum absolute atomic E-state index is 0. The molecule has 1 aromatic heterocycles. The third-order valence-corrected chi connectivity index (χ3v) is 3.13. The number of thiophene rings is 1. The van der Waals surface area contributed by atoms with Gasteiger partial charge in [0.25, 0.3) is 5.91 Å². The molecule has 0 aliphatic carbocycles. The third kappa shape index (κ3) is 3.18. The Hall–Kier alpha value is -0.620. The van der Waals surface area contributed by atoms with Gasteiger partial charge in [0.15, 0.2) is 0 Å². The molecule has 1 fully saturated rings. The van der Waals surface area contributed by atoms with Gasteiger partial charge >= 0.3 is 0 Å². The van der Waals surface area contributed by atoms with E-state index < -0.39 is 0 Å². The number of hydrogen-bond donors (Lipinski definition) is 2. The van der Waals surface area contributed by atoms with Crippen LogP contribution in [0.3, 0.4) is 0 Å². The first kappa shape index (κ1) is 13.4. The van der Waals surface area contributed by atoms with Gasteiger partial charge < -0.3 is 15.8 Å². The summed E-state index contributed by atoms with van der Waals surface area (Å²) in [4.78, 5) is 11.7. The van der Waals surface area contributed by atoms with Gasteiger partial charge in [-0.3, -0.25) is 4.79 Å². The van der Waals surface area contributed by atoms with Gasteiger partial charge in [-0.2, -0.15) is 11.3 Å². The van der Waals surface area contributed by atoms with Crippen LogP contribution in [0.25, 0.3) is 0 Å². The van der Waals surface area contributed by atoms with Gasteiger partial charge in [-0.25, -0.2) is 0 Å². The first-order valence-corrected chi connectivity index (χ1v) is 5.92. The highest BCUT2D eigenvalue weighted by atomic mass is 35.5. The molecule has 1 saturated heterocycles. The number of halogens is 1. The maximum Gasteiger partial charge on any atom is 0.253 e. The number of anilines is 1. The van der Waals surface area contributed by atoms with Crippen LogP contribution in [0.15, 0.2) is 16.8 Å². The molecule has 2 rings (SSSR count). The van der Waals surface area contributed by atoms with Crippen molar-refractivity contribution in [2.75, 3.05) is 11.9 Å². The van der Waals surface area contributed by atoms with E-state index in [2.05, 4.69) is 5.32 Å². The van der Waals surface area contributed by atoms with E-state index in [0.717, 1.165) is 18.5 Å². The fourth-order valence-electron chi connectivity index (χ4n) is 1.63. The summed E-state index contributed by atoms with van der Waals surface area (Å²) in [6.07, 6.45) is 1.34. The van der Waals surface area contributed by atoms with Crippen molar-refractivity contribution >= 4 is 35.3 Å². The van der Waals surface area contributed by atoms with Crippen LogP contribution in [0.4, 0.5) is 5.69 Å². The molecule has 2 heterocycles. The fourth-order valence-corrected chi connectivity index (χ4v) is 2.22. The van der Waals surface area contributed by atoms with Crippen molar-refractivity contribution < 1.29 is 9.53 Å². The quantitative estimate of drug-likeness (QED) is 0.870. The first-order valence-electron chi connectivity index (χ1n) is 4.98. The molecule has 1 amide bonds. The van der Waals surface area contributed by atoms with Gasteiger partial charge in [0.2, 0.25) is 0 Å². The van der Waals surface area contributed by atoms with E-state index in [1.807, 2.05) is 16.8 Å². The van der Waals surface area contributed by atoms with Crippen LogP contribution >= 0.6 is 23.7 Å². The lowest BCUT2D eigenvalue weighted by molar-refractivity contribution is -0.126. The number of rotatable bonds is 3. The average molecular weight is 263 g/mol. The van der Waals surface area contributed by atoms with Crippen LogP contribution in [0.1, 0.15) is 12.8 Å². The van der Waals surface area contributed by atoms with E-state index in [-0.39, 0.29) is 30.5 Å². The summed E-state index contributed by atoms with van der Waals surface area (Å²) in [6, 6.07) is 1.87. The minimum atomic E-state index is -0.335. The minimum Gasteiger partial charge on any atom is -0.364 e. The van der Waals surface area contributed by atoms with Crippen LogP contribution in [-0.4, -0.2) is 24.7 Å². The van der Waals surface area contributed by atoms with E-state index in [4.69, 9.17) is 10.5 Å². The highest BCUT2D eigenvalue weighted by Gasteiger charge is 2.29. The zero-order valence-electron chi connectivity index (χ0n) is 8.72. The normalized spacial score (nSPS) is 23.8. The van der Waals surface area contributed by atoms with Crippen molar-refractivity contribution in [2.24, 2.45) is 5.73 Å². The predicted molar refractivity (Wildman–Crippen MR) is 67.1 cm³/mol. The highest BCUT2D eigenvalue weighted by molar-refractivity contribution is 7.08. The molecule has 0 bridgehead atoms. The Morgan fingerprint density at radius 3 is 3.00 bits per heavy atom. The molecule has 90 valence electrons. The summed E-state index contributed by atoms with van der Waals surface area (Å²) in [7, 11) is 0. The molecule has 0 saturated carbocycles. The number of carbonyl (C=O) groups excluding carboxylic acids is 1. The number of hydrogen-bond acceptors (Lipinski definition) is 4. The van der Waals surface area contributed by atoms with Gasteiger partial charge in [-0.1, -0.05) is 0 Å². The second-order valence-electron chi connectivity index (χ2n) is 3.56. The molecular formula is C10H15ClN2O2S. The van der Waals surface area contributed by atoms with E-state index in [1.54, 1.807) is 11.3 Å². The molecule has 1 aliphatic rings. The lowest BCUT2D eigenvalue weighted by Gasteiger charge is -2.11. The largest absolute Gasteiger partial charge is 0.364 e. The van der Waals surface area contributed by atoms with E-state index in [9.17, 15) is 4.79 Å². The molecule has 3 N–H and O–H groups in total. The molecule has 0 aromatic carbocycles. The molecule has 2 atom stereocenters. The van der Waals surface area contributed by atoms with Crippen LogP contribution in [0, 0.1) is 0 Å². The van der Waals surface area contributed by atoms with E-state index in [0.29, 0.717) is 6.54 Å². The summed E-state index contributed by atoms with van der Waals surface area (Å²) in [5.41, 5.74) is 6.31. The van der Waals surface area contributed by atoms with Gasteiger partial charge in [0.1, 0.15) is 6.10 Å². The number of carbonyl (C=O) groups is 1. The van der Waals surface area contributed by atoms with Crippen molar-refractivity contribution in [2.45, 2.75) is 25.0 Å². The number of nitrogens with two attached hydrogens (primary N) is 1. The summed E-state index contributed by atoms with van der Waals surface area (Å²) in [6.45, 7) is 0.488. The lowest BCUT2D eigenvalue weighted by atomic mass is 10.2. The molecule has 0 unspecified atom stereocenters. The Labute approximate surface area is 105 Å². The Kier molecular flexibility index (Phi) is 5.21. The second-order valence-corrected chi connectivity index (χ2v) is 4.34. The second kappa shape index (κ2) is 6.20. The van der Waals surface area contributed by atoms with Gasteiger partial charge in [-0.05, 0) is 24.3 Å². The van der Waals surface area contributed by atoms with Crippen molar-refractivity contribution in [1.82, 2.24) is 0 Å². The van der Waals surface area contributed by atoms with Crippen molar-refractivity contribution in [3.8, 4) is 0 Å². The zero-order chi connectivity index (χ0) is 10.7. The van der Waals surface area contributed by atoms with E-state index in [1.165, 1.54) is 0 Å². The van der Waals surface area contributed by atoms with Crippen LogP contribution in [-0.2, 0) is 9.53 Å². The molecule has 16 heavy (non-hydrogen) atoms. The maximum atomic E-state index is 11.7. The number of amides is 1. The number of nitrogens with one attached hydrogen (secondary N) is 1. The van der Waals surface area contributed by atoms with Crippen LogP contribution in [0.5, 0.6) is 0 Å². The van der Waals surface area contributed by atoms with E-state index >= 15 is 0 Å². The Morgan fingerprint density at radius 1 is 1.62 bits per heavy atom. The van der Waals surface area contributed by atoms with Gasteiger partial charge in [0, 0.05) is 11.9 Å². The molecule has 1 aliphatic heterocycles. The highest BCUT2D eigenvalue weighted by Crippen LogP contribution is 2.21. The molecule has 1 aromatic rings. The fraction of sp³-hybridized carbons (Fsp3) is 0.500. The topological polar surface area (TPSA) is 64.4 Å². The predicted octanol–water partition coefficient (Wildman–Crippen LogP) is 1.61. The average Bonchev–Trinajstić information content (AvgIpc) is 2.86. The summed E-state index contributed by atoms with van der Waals surface area (Å²) >= 11 is 1.55. The summed E-state index contributed by atoms with van der Waals surface area (Å²) in [5, 5.41) is 6.63. The molecule has 4 nitrogen and oxygen atoms in total. The summed E-state index contributed by atoms with van der Waals surface area (Å²) < 4.78 is 5.49. The molecule has 0 radical (unpaired) electrons. The van der Waals surface area contributed by atoms with Crippen molar-refractivity contribution in [3.63, 3.8) is 0 Å². The number of ether oxygens (including phenoxy) is 1. The smallest absolute Gasteiger partial charge is 0.253 e. The van der Waals surface area contributed by atoms with Gasteiger partial charge in [-0.15, -0.1) is 12.4 Å². The Morgan fingerprint density at radius 2 is 2.44 bits per heavy atom. The van der Waals surface area contributed by atoms with Crippen LogP contribution in [0.2, 0.25) is 0 Å². The SMILES string of the molecule is Cl.NC[C@H]1CC[C@@H](C(=O)Nc2ccsc2)O1. The molecule has 0 spiro atoms. The van der Waals surface area contributed by atoms with Crippen molar-refractivity contribution in [1.29, 1.82) is 0 Å². The Bertz CT molecular complexity index is 332. The lowest BCUT2D eigenvalue weighted by Crippen LogP contribution is -2.29. The summed E-state index contributed by atoms with van der Waals surface area (Å²) in [5.74, 6) is -0.0654. The molecular weight excluding hydrogens is 248 g/mol. The third-order valence-electron chi connectivity index (χ3n) is 2.45.